The Morgan fingerprint density at radius 1 is 1.18 bits per heavy atom. The molecule has 2 aromatic rings. The van der Waals surface area contributed by atoms with Gasteiger partial charge >= 0.3 is 0 Å². The number of aryl methyl sites for hydroxylation is 1. The van der Waals surface area contributed by atoms with Crippen molar-refractivity contribution in [2.75, 3.05) is 19.0 Å². The Labute approximate surface area is 98.3 Å². The molecule has 0 aliphatic carbocycles. The van der Waals surface area contributed by atoms with Gasteiger partial charge in [0, 0.05) is 31.9 Å². The van der Waals surface area contributed by atoms with Crippen molar-refractivity contribution in [2.24, 2.45) is 0 Å². The molecule has 90 valence electrons. The molecule has 0 saturated carbocycles. The Hall–Kier alpha value is -1.91. The van der Waals surface area contributed by atoms with Crippen molar-refractivity contribution < 1.29 is 8.78 Å². The van der Waals surface area contributed by atoms with Gasteiger partial charge in [0.05, 0.1) is 0 Å². The zero-order valence-electron chi connectivity index (χ0n) is 9.91. The summed E-state index contributed by atoms with van der Waals surface area (Å²) < 4.78 is 27.9. The van der Waals surface area contributed by atoms with Crippen molar-refractivity contribution in [3.63, 3.8) is 0 Å². The van der Waals surface area contributed by atoms with Crippen LogP contribution >= 0.6 is 0 Å². The van der Waals surface area contributed by atoms with E-state index in [1.807, 2.05) is 32.0 Å². The molecule has 1 aromatic heterocycles. The van der Waals surface area contributed by atoms with E-state index in [1.165, 1.54) is 16.8 Å². The average Bonchev–Trinajstić information content (AvgIpc) is 2.61. The Kier molecular flexibility index (Phi) is 2.83. The summed E-state index contributed by atoms with van der Waals surface area (Å²) in [5, 5.41) is 4.25. The molecular weight excluding hydrogens is 224 g/mol. The van der Waals surface area contributed by atoms with Gasteiger partial charge in [-0.15, -0.1) is 5.10 Å². The molecule has 0 amide bonds. The minimum Gasteiger partial charge on any atom is -0.361 e. The fourth-order valence-electron chi connectivity index (χ4n) is 1.57. The van der Waals surface area contributed by atoms with Gasteiger partial charge in [0.15, 0.2) is 11.6 Å². The van der Waals surface area contributed by atoms with Gasteiger partial charge in [-0.2, -0.15) is 0 Å². The molecule has 0 atom stereocenters. The fraction of sp³-hybridized carbons (Fsp3) is 0.250. The molecule has 0 aliphatic rings. The van der Waals surface area contributed by atoms with Gasteiger partial charge in [-0.05, 0) is 19.1 Å². The van der Waals surface area contributed by atoms with Gasteiger partial charge in [-0.25, -0.2) is 13.5 Å². The smallest absolute Gasteiger partial charge is 0.151 e. The van der Waals surface area contributed by atoms with E-state index in [2.05, 4.69) is 5.10 Å². The standard InChI is InChI=1S/C12H13F2N3/c1-8-6-12(16(2)3)15-17(8)11-5-4-9(13)7-10(11)14/h4-7H,1-3H3. The van der Waals surface area contributed by atoms with Crippen LogP contribution in [-0.2, 0) is 0 Å². The number of halogens is 2. The summed E-state index contributed by atoms with van der Waals surface area (Å²) in [4.78, 5) is 1.82. The molecule has 0 unspecified atom stereocenters. The average molecular weight is 237 g/mol. The Morgan fingerprint density at radius 2 is 1.88 bits per heavy atom. The second kappa shape index (κ2) is 4.16. The number of hydrogen-bond donors (Lipinski definition) is 0. The van der Waals surface area contributed by atoms with Crippen LogP contribution in [0.1, 0.15) is 5.69 Å². The first-order chi connectivity index (χ1) is 7.99. The minimum atomic E-state index is -0.624. The quantitative estimate of drug-likeness (QED) is 0.800. The van der Waals surface area contributed by atoms with Gasteiger partial charge in [0.2, 0.25) is 0 Å². The maximum Gasteiger partial charge on any atom is 0.151 e. The lowest BCUT2D eigenvalue weighted by Crippen LogP contribution is -2.10. The molecule has 0 bridgehead atoms. The maximum atomic E-state index is 13.6. The molecule has 5 heteroatoms. The highest BCUT2D eigenvalue weighted by Gasteiger charge is 2.11. The van der Waals surface area contributed by atoms with Crippen LogP contribution in [0.4, 0.5) is 14.6 Å². The highest BCUT2D eigenvalue weighted by atomic mass is 19.1. The largest absolute Gasteiger partial charge is 0.361 e. The van der Waals surface area contributed by atoms with Gasteiger partial charge in [0.1, 0.15) is 11.5 Å². The van der Waals surface area contributed by atoms with Crippen LogP contribution in [0.25, 0.3) is 5.69 Å². The number of hydrogen-bond acceptors (Lipinski definition) is 2. The summed E-state index contributed by atoms with van der Waals surface area (Å²) in [6, 6.07) is 5.29. The Balaban J connectivity index is 2.52. The molecule has 2 rings (SSSR count). The summed E-state index contributed by atoms with van der Waals surface area (Å²) in [6.45, 7) is 1.82. The lowest BCUT2D eigenvalue weighted by molar-refractivity contribution is 0.572. The number of anilines is 1. The number of benzene rings is 1. The van der Waals surface area contributed by atoms with Crippen molar-refractivity contribution in [3.8, 4) is 5.69 Å². The van der Waals surface area contributed by atoms with Gasteiger partial charge in [-0.1, -0.05) is 0 Å². The molecule has 0 saturated heterocycles. The molecule has 0 fully saturated rings. The monoisotopic (exact) mass is 237 g/mol. The Bertz CT molecular complexity index is 547. The topological polar surface area (TPSA) is 21.1 Å². The minimum absolute atomic E-state index is 0.247. The molecule has 0 aliphatic heterocycles. The van der Waals surface area contributed by atoms with E-state index in [1.54, 1.807) is 0 Å². The second-order valence-electron chi connectivity index (χ2n) is 4.05. The van der Waals surface area contributed by atoms with E-state index in [9.17, 15) is 8.78 Å². The van der Waals surface area contributed by atoms with Crippen molar-refractivity contribution >= 4 is 5.82 Å². The molecule has 0 N–H and O–H groups in total. The van der Waals surface area contributed by atoms with Crippen molar-refractivity contribution in [1.29, 1.82) is 0 Å². The molecule has 3 nitrogen and oxygen atoms in total. The predicted molar refractivity (Wildman–Crippen MR) is 62.5 cm³/mol. The van der Waals surface area contributed by atoms with Crippen LogP contribution in [0.5, 0.6) is 0 Å². The van der Waals surface area contributed by atoms with E-state index in [4.69, 9.17) is 0 Å². The first-order valence-electron chi connectivity index (χ1n) is 5.18. The third-order valence-corrected chi connectivity index (χ3v) is 2.47. The number of nitrogens with zero attached hydrogens (tertiary/aromatic N) is 3. The van der Waals surface area contributed by atoms with Gasteiger partial charge in [-0.3, -0.25) is 0 Å². The summed E-state index contributed by atoms with van der Waals surface area (Å²) in [5.41, 5.74) is 1.04. The molecule has 0 spiro atoms. The maximum absolute atomic E-state index is 13.6. The van der Waals surface area contributed by atoms with Crippen LogP contribution in [0, 0.1) is 18.6 Å². The lowest BCUT2D eigenvalue weighted by Gasteiger charge is -2.08. The third-order valence-electron chi connectivity index (χ3n) is 2.47. The summed E-state index contributed by atoms with van der Waals surface area (Å²) >= 11 is 0. The van der Waals surface area contributed by atoms with E-state index < -0.39 is 11.6 Å². The van der Waals surface area contributed by atoms with E-state index in [0.717, 1.165) is 17.6 Å². The van der Waals surface area contributed by atoms with Gasteiger partial charge in [0.25, 0.3) is 0 Å². The van der Waals surface area contributed by atoms with E-state index in [0.29, 0.717) is 0 Å². The van der Waals surface area contributed by atoms with Crippen LogP contribution in [-0.4, -0.2) is 23.9 Å². The molecule has 0 radical (unpaired) electrons. The molecular formula is C12H13F2N3. The third kappa shape index (κ3) is 2.13. The van der Waals surface area contributed by atoms with E-state index in [-0.39, 0.29) is 5.69 Å². The van der Waals surface area contributed by atoms with Crippen LogP contribution in [0.2, 0.25) is 0 Å². The van der Waals surface area contributed by atoms with Crippen molar-refractivity contribution in [2.45, 2.75) is 6.92 Å². The first-order valence-corrected chi connectivity index (χ1v) is 5.18. The first kappa shape index (κ1) is 11.6. The molecule has 17 heavy (non-hydrogen) atoms. The van der Waals surface area contributed by atoms with Crippen LogP contribution in [0.15, 0.2) is 24.3 Å². The Morgan fingerprint density at radius 3 is 2.41 bits per heavy atom. The number of rotatable bonds is 2. The lowest BCUT2D eigenvalue weighted by atomic mass is 10.3. The van der Waals surface area contributed by atoms with Crippen molar-refractivity contribution in [1.82, 2.24) is 9.78 Å². The van der Waals surface area contributed by atoms with Gasteiger partial charge < -0.3 is 4.90 Å². The molecule has 1 heterocycles. The fourth-order valence-corrected chi connectivity index (χ4v) is 1.57. The van der Waals surface area contributed by atoms with Crippen molar-refractivity contribution in [3.05, 3.63) is 41.6 Å². The van der Waals surface area contributed by atoms with Crippen LogP contribution < -0.4 is 4.90 Å². The summed E-state index contributed by atoms with van der Waals surface area (Å²) in [7, 11) is 3.71. The second-order valence-corrected chi connectivity index (χ2v) is 4.05. The van der Waals surface area contributed by atoms with E-state index >= 15 is 0 Å². The normalized spacial score (nSPS) is 10.6. The SMILES string of the molecule is Cc1cc(N(C)C)nn1-c1ccc(F)cc1F. The highest BCUT2D eigenvalue weighted by molar-refractivity contribution is 5.43. The zero-order chi connectivity index (χ0) is 12.6. The number of aromatic nitrogens is 2. The zero-order valence-corrected chi connectivity index (χ0v) is 9.91. The van der Waals surface area contributed by atoms with Crippen LogP contribution in [0.3, 0.4) is 0 Å². The summed E-state index contributed by atoms with van der Waals surface area (Å²) in [5.74, 6) is -0.489. The summed E-state index contributed by atoms with van der Waals surface area (Å²) in [6.07, 6.45) is 0. The highest BCUT2D eigenvalue weighted by Crippen LogP contribution is 2.19. The molecule has 1 aromatic carbocycles. The predicted octanol–water partition coefficient (Wildman–Crippen LogP) is 2.52.